The van der Waals surface area contributed by atoms with E-state index < -0.39 is 0 Å². The summed E-state index contributed by atoms with van der Waals surface area (Å²) in [7, 11) is 0. The van der Waals surface area contributed by atoms with Crippen molar-refractivity contribution in [3.63, 3.8) is 0 Å². The lowest BCUT2D eigenvalue weighted by Crippen LogP contribution is -2.33. The first-order chi connectivity index (χ1) is 11.9. The predicted molar refractivity (Wildman–Crippen MR) is 105 cm³/mol. The second-order valence-electron chi connectivity index (χ2n) is 7.15. The third-order valence-electron chi connectivity index (χ3n) is 5.04. The summed E-state index contributed by atoms with van der Waals surface area (Å²) in [6.45, 7) is 3.44. The molecule has 0 aliphatic carbocycles. The summed E-state index contributed by atoms with van der Waals surface area (Å²) in [6, 6.07) is 13.1. The smallest absolute Gasteiger partial charge is 0.198 e. The number of unbranched alkanes of at least 4 members (excludes halogenated alkanes) is 11. The van der Waals surface area contributed by atoms with Gasteiger partial charge in [0.1, 0.15) is 6.54 Å². The highest BCUT2D eigenvalue weighted by molar-refractivity contribution is 5.74. The molecule has 1 aromatic heterocycles. The van der Waals surface area contributed by atoms with E-state index in [1.165, 1.54) is 88.0 Å². The molecular formula is C23H36N+. The van der Waals surface area contributed by atoms with Crippen molar-refractivity contribution in [2.75, 3.05) is 0 Å². The van der Waals surface area contributed by atoms with Crippen LogP contribution in [0.5, 0.6) is 0 Å². The Balaban J connectivity index is 1.49. The minimum absolute atomic E-state index is 1.15. The lowest BCUT2D eigenvalue weighted by molar-refractivity contribution is -0.671. The Morgan fingerprint density at radius 1 is 0.625 bits per heavy atom. The maximum absolute atomic E-state index is 2.41. The number of hydrogen-bond donors (Lipinski definition) is 0. The molecule has 1 aromatic carbocycles. The Morgan fingerprint density at radius 2 is 1.17 bits per heavy atom. The van der Waals surface area contributed by atoms with Crippen molar-refractivity contribution in [3.05, 3.63) is 42.6 Å². The molecule has 1 heteroatoms. The Hall–Kier alpha value is -1.37. The van der Waals surface area contributed by atoms with Crippen LogP contribution in [-0.2, 0) is 6.54 Å². The molecule has 0 N–H and O–H groups in total. The van der Waals surface area contributed by atoms with Gasteiger partial charge in [-0.15, -0.1) is 0 Å². The van der Waals surface area contributed by atoms with Crippen LogP contribution in [0, 0.1) is 0 Å². The summed E-state index contributed by atoms with van der Waals surface area (Å²) in [5.41, 5.74) is 1.36. The normalized spacial score (nSPS) is 11.2. The van der Waals surface area contributed by atoms with Crippen LogP contribution < -0.4 is 4.57 Å². The van der Waals surface area contributed by atoms with Crippen molar-refractivity contribution in [1.29, 1.82) is 0 Å². The van der Waals surface area contributed by atoms with Crippen LogP contribution >= 0.6 is 0 Å². The molecule has 0 spiro atoms. The highest BCUT2D eigenvalue weighted by atomic mass is 14.9. The Labute approximate surface area is 149 Å². The molecule has 0 bridgehead atoms. The van der Waals surface area contributed by atoms with Gasteiger partial charge in [-0.2, -0.15) is 4.57 Å². The van der Waals surface area contributed by atoms with Crippen molar-refractivity contribution < 1.29 is 4.57 Å². The zero-order valence-electron chi connectivity index (χ0n) is 15.7. The Kier molecular flexibility index (Phi) is 9.53. The summed E-state index contributed by atoms with van der Waals surface area (Å²) in [5.74, 6) is 0. The molecule has 0 unspecified atom stereocenters. The van der Waals surface area contributed by atoms with Gasteiger partial charge in [-0.3, -0.25) is 0 Å². The quantitative estimate of drug-likeness (QED) is 0.280. The summed E-state index contributed by atoms with van der Waals surface area (Å²) < 4.78 is 2.41. The molecule has 0 aliphatic heterocycles. The fourth-order valence-electron chi connectivity index (χ4n) is 3.54. The highest BCUT2D eigenvalue weighted by Crippen LogP contribution is 2.12. The van der Waals surface area contributed by atoms with Crippen molar-refractivity contribution in [1.82, 2.24) is 0 Å². The number of pyridine rings is 1. The van der Waals surface area contributed by atoms with E-state index in [0.29, 0.717) is 0 Å². The van der Waals surface area contributed by atoms with E-state index in [1.54, 1.807) is 0 Å². The molecule has 132 valence electrons. The first-order valence-corrected chi connectivity index (χ1v) is 10.3. The minimum atomic E-state index is 1.15. The van der Waals surface area contributed by atoms with E-state index in [1.807, 2.05) is 0 Å². The van der Waals surface area contributed by atoms with Crippen molar-refractivity contribution in [3.8, 4) is 0 Å². The molecule has 0 atom stereocenters. The summed E-state index contributed by atoms with van der Waals surface area (Å²) in [4.78, 5) is 0. The van der Waals surface area contributed by atoms with Crippen molar-refractivity contribution in [2.45, 2.75) is 90.5 Å². The topological polar surface area (TPSA) is 3.88 Å². The maximum Gasteiger partial charge on any atom is 0.212 e. The molecule has 0 radical (unpaired) electrons. The second kappa shape index (κ2) is 12.1. The SMILES string of the molecule is CCCCCCCCCCCCCC[n+]1cccc2ccccc21. The van der Waals surface area contributed by atoms with Gasteiger partial charge in [0.15, 0.2) is 6.20 Å². The lowest BCUT2D eigenvalue weighted by Gasteiger charge is -2.03. The van der Waals surface area contributed by atoms with E-state index in [2.05, 4.69) is 54.1 Å². The third-order valence-corrected chi connectivity index (χ3v) is 5.04. The third kappa shape index (κ3) is 7.03. The van der Waals surface area contributed by atoms with E-state index in [-0.39, 0.29) is 0 Å². The van der Waals surface area contributed by atoms with Crippen LogP contribution in [0.1, 0.15) is 84.0 Å². The van der Waals surface area contributed by atoms with Crippen LogP contribution in [-0.4, -0.2) is 0 Å². The van der Waals surface area contributed by atoms with Crippen LogP contribution in [0.3, 0.4) is 0 Å². The second-order valence-corrected chi connectivity index (χ2v) is 7.15. The van der Waals surface area contributed by atoms with E-state index in [4.69, 9.17) is 0 Å². The number of benzene rings is 1. The predicted octanol–water partition coefficient (Wildman–Crippen LogP) is 6.83. The van der Waals surface area contributed by atoms with Gasteiger partial charge in [0.05, 0.1) is 0 Å². The summed E-state index contributed by atoms with van der Waals surface area (Å²) in [5, 5.41) is 1.35. The van der Waals surface area contributed by atoms with Crippen LogP contribution in [0.25, 0.3) is 10.9 Å². The molecule has 0 saturated heterocycles. The molecule has 2 rings (SSSR count). The largest absolute Gasteiger partial charge is 0.212 e. The number of nitrogens with zero attached hydrogens (tertiary/aromatic N) is 1. The summed E-state index contributed by atoms with van der Waals surface area (Å²) in [6.07, 6.45) is 19.2. The average molecular weight is 327 g/mol. The monoisotopic (exact) mass is 326 g/mol. The minimum Gasteiger partial charge on any atom is -0.198 e. The standard InChI is InChI=1S/C23H36N/c1-2-3-4-5-6-7-8-9-10-11-12-15-20-24-21-16-18-22-17-13-14-19-23(22)24/h13-14,16-19,21H,2-12,15,20H2,1H3/q+1. The van der Waals surface area contributed by atoms with Gasteiger partial charge in [0.25, 0.3) is 0 Å². The molecule has 0 aliphatic rings. The summed E-state index contributed by atoms with van der Waals surface area (Å²) >= 11 is 0. The van der Waals surface area contributed by atoms with E-state index in [9.17, 15) is 0 Å². The number of hydrogen-bond acceptors (Lipinski definition) is 0. The van der Waals surface area contributed by atoms with Crippen LogP contribution in [0.2, 0.25) is 0 Å². The number of aryl methyl sites for hydroxylation is 1. The molecule has 0 saturated carbocycles. The number of fused-ring (bicyclic) bond motifs is 1. The maximum atomic E-state index is 2.41. The fraction of sp³-hybridized carbons (Fsp3) is 0.609. The van der Waals surface area contributed by atoms with Crippen molar-refractivity contribution >= 4 is 10.9 Å². The van der Waals surface area contributed by atoms with Crippen LogP contribution in [0.4, 0.5) is 0 Å². The molecule has 0 amide bonds. The Bertz CT molecular complexity index is 555. The fourth-order valence-corrected chi connectivity index (χ4v) is 3.54. The average Bonchev–Trinajstić information content (AvgIpc) is 2.63. The van der Waals surface area contributed by atoms with Crippen molar-refractivity contribution in [2.24, 2.45) is 0 Å². The molecule has 2 aromatic rings. The van der Waals surface area contributed by atoms with Gasteiger partial charge in [-0.1, -0.05) is 83.3 Å². The van der Waals surface area contributed by atoms with Gasteiger partial charge in [0.2, 0.25) is 5.52 Å². The van der Waals surface area contributed by atoms with Gasteiger partial charge >= 0.3 is 0 Å². The molecule has 24 heavy (non-hydrogen) atoms. The van der Waals surface area contributed by atoms with Gasteiger partial charge in [-0.25, -0.2) is 0 Å². The highest BCUT2D eigenvalue weighted by Gasteiger charge is 2.06. The zero-order valence-corrected chi connectivity index (χ0v) is 15.7. The van der Waals surface area contributed by atoms with Gasteiger partial charge in [-0.05, 0) is 18.6 Å². The first kappa shape index (κ1) is 19.0. The molecule has 1 heterocycles. The first-order valence-electron chi connectivity index (χ1n) is 10.3. The molecular weight excluding hydrogens is 290 g/mol. The van der Waals surface area contributed by atoms with E-state index >= 15 is 0 Å². The number of aromatic nitrogens is 1. The van der Waals surface area contributed by atoms with Gasteiger partial charge < -0.3 is 0 Å². The molecule has 1 nitrogen and oxygen atoms in total. The zero-order chi connectivity index (χ0) is 16.9. The van der Waals surface area contributed by atoms with E-state index in [0.717, 1.165) is 6.54 Å². The lowest BCUT2D eigenvalue weighted by atomic mass is 10.1. The Morgan fingerprint density at radius 3 is 1.83 bits per heavy atom. The number of para-hydroxylation sites is 1. The van der Waals surface area contributed by atoms with Crippen LogP contribution in [0.15, 0.2) is 42.6 Å². The molecule has 0 fully saturated rings. The number of rotatable bonds is 13. The van der Waals surface area contributed by atoms with Gasteiger partial charge in [0, 0.05) is 23.9 Å².